The first-order chi connectivity index (χ1) is 12.7. The van der Waals surface area contributed by atoms with Gasteiger partial charge in [-0.25, -0.2) is 0 Å². The van der Waals surface area contributed by atoms with Crippen LogP contribution in [0.15, 0.2) is 66.7 Å². The molecule has 0 radical (unpaired) electrons. The van der Waals surface area contributed by atoms with Gasteiger partial charge in [0.15, 0.2) is 0 Å². The summed E-state index contributed by atoms with van der Waals surface area (Å²) in [7, 11) is 1.56. The van der Waals surface area contributed by atoms with Gasteiger partial charge in [-0.05, 0) is 29.0 Å². The third kappa shape index (κ3) is 4.19. The molecule has 0 spiro atoms. The molecule has 0 saturated carbocycles. The number of hydrogen-bond acceptors (Lipinski definition) is 4. The van der Waals surface area contributed by atoms with E-state index in [0.29, 0.717) is 11.3 Å². The lowest BCUT2D eigenvalue weighted by Gasteiger charge is -2.10. The number of carbonyl (C=O) groups is 2. The maximum absolute atomic E-state index is 12.2. The second-order valence-electron chi connectivity index (χ2n) is 5.72. The Kier molecular flexibility index (Phi) is 5.49. The van der Waals surface area contributed by atoms with E-state index >= 15 is 0 Å². The number of ether oxygens (including phenoxy) is 2. The van der Waals surface area contributed by atoms with Gasteiger partial charge in [-0.2, -0.15) is 0 Å². The molecule has 3 rings (SSSR count). The van der Waals surface area contributed by atoms with Gasteiger partial charge in [-0.15, -0.1) is 0 Å². The molecule has 26 heavy (non-hydrogen) atoms. The molecule has 1 amide bonds. The highest BCUT2D eigenvalue weighted by Crippen LogP contribution is 2.18. The molecule has 0 aliphatic rings. The number of amides is 1. The van der Waals surface area contributed by atoms with E-state index in [1.165, 1.54) is 0 Å². The summed E-state index contributed by atoms with van der Waals surface area (Å²) in [5, 5.41) is 4.61. The first-order valence-electron chi connectivity index (χ1n) is 8.22. The van der Waals surface area contributed by atoms with Crippen LogP contribution in [0.25, 0.3) is 10.8 Å². The van der Waals surface area contributed by atoms with Gasteiger partial charge in [-0.3, -0.25) is 9.59 Å². The number of fused-ring (bicyclic) bond motifs is 1. The SMILES string of the molecule is COc1ccccc1COC(=O)CNC(=O)c1ccc2ccccc2c1. The van der Waals surface area contributed by atoms with Crippen LogP contribution in [-0.2, 0) is 16.1 Å². The lowest BCUT2D eigenvalue weighted by molar-refractivity contribution is -0.143. The Bertz CT molecular complexity index is 936. The summed E-state index contributed by atoms with van der Waals surface area (Å²) in [4.78, 5) is 24.1. The third-order valence-electron chi connectivity index (χ3n) is 3.99. The van der Waals surface area contributed by atoms with Crippen LogP contribution in [0.4, 0.5) is 0 Å². The minimum absolute atomic E-state index is 0.0920. The van der Waals surface area contributed by atoms with Crippen LogP contribution in [0.2, 0.25) is 0 Å². The fourth-order valence-corrected chi connectivity index (χ4v) is 2.62. The smallest absolute Gasteiger partial charge is 0.325 e. The summed E-state index contributed by atoms with van der Waals surface area (Å²) in [6.45, 7) is -0.102. The van der Waals surface area contributed by atoms with Crippen LogP contribution in [0, 0.1) is 0 Å². The molecule has 0 saturated heterocycles. The fourth-order valence-electron chi connectivity index (χ4n) is 2.62. The van der Waals surface area contributed by atoms with Crippen molar-refractivity contribution in [3.8, 4) is 5.75 Å². The molecule has 0 aliphatic heterocycles. The maximum Gasteiger partial charge on any atom is 0.325 e. The van der Waals surface area contributed by atoms with Crippen LogP contribution in [0.3, 0.4) is 0 Å². The Morgan fingerprint density at radius 1 is 0.923 bits per heavy atom. The van der Waals surface area contributed by atoms with E-state index in [9.17, 15) is 9.59 Å². The minimum atomic E-state index is -0.509. The summed E-state index contributed by atoms with van der Waals surface area (Å²) >= 11 is 0. The second kappa shape index (κ2) is 8.16. The zero-order valence-electron chi connectivity index (χ0n) is 14.4. The Morgan fingerprint density at radius 2 is 1.65 bits per heavy atom. The van der Waals surface area contributed by atoms with Crippen molar-refractivity contribution in [3.05, 3.63) is 77.9 Å². The predicted molar refractivity (Wildman–Crippen MR) is 99.1 cm³/mol. The number of carbonyl (C=O) groups excluding carboxylic acids is 2. The molecule has 0 atom stereocenters. The highest BCUT2D eigenvalue weighted by molar-refractivity contribution is 5.99. The van der Waals surface area contributed by atoms with Crippen LogP contribution in [0.1, 0.15) is 15.9 Å². The number of esters is 1. The quantitative estimate of drug-likeness (QED) is 0.694. The van der Waals surface area contributed by atoms with Gasteiger partial charge in [0.2, 0.25) is 0 Å². The lowest BCUT2D eigenvalue weighted by Crippen LogP contribution is -2.30. The van der Waals surface area contributed by atoms with E-state index < -0.39 is 5.97 Å². The number of methoxy groups -OCH3 is 1. The number of hydrogen-bond donors (Lipinski definition) is 1. The van der Waals surface area contributed by atoms with Gasteiger partial charge in [0.1, 0.15) is 18.9 Å². The van der Waals surface area contributed by atoms with Gasteiger partial charge in [-0.1, -0.05) is 48.5 Å². The van der Waals surface area contributed by atoms with E-state index in [2.05, 4.69) is 5.32 Å². The zero-order chi connectivity index (χ0) is 18.4. The van der Waals surface area contributed by atoms with Gasteiger partial charge in [0, 0.05) is 11.1 Å². The molecular formula is C21H19NO4. The van der Waals surface area contributed by atoms with Crippen LogP contribution in [-0.4, -0.2) is 25.5 Å². The van der Waals surface area contributed by atoms with Crippen molar-refractivity contribution in [2.45, 2.75) is 6.61 Å². The number of nitrogens with one attached hydrogen (secondary N) is 1. The van der Waals surface area contributed by atoms with Crippen molar-refractivity contribution >= 4 is 22.6 Å². The molecule has 5 heteroatoms. The van der Waals surface area contributed by atoms with E-state index in [1.807, 2.05) is 48.5 Å². The summed E-state index contributed by atoms with van der Waals surface area (Å²) in [6.07, 6.45) is 0. The van der Waals surface area contributed by atoms with Crippen LogP contribution >= 0.6 is 0 Å². The van der Waals surface area contributed by atoms with Crippen molar-refractivity contribution in [1.29, 1.82) is 0 Å². The highest BCUT2D eigenvalue weighted by Gasteiger charge is 2.11. The molecule has 0 aliphatic carbocycles. The molecule has 5 nitrogen and oxygen atoms in total. The van der Waals surface area contributed by atoms with Crippen molar-refractivity contribution in [1.82, 2.24) is 5.32 Å². The van der Waals surface area contributed by atoms with Gasteiger partial charge >= 0.3 is 5.97 Å². The Labute approximate surface area is 151 Å². The second-order valence-corrected chi connectivity index (χ2v) is 5.72. The summed E-state index contributed by atoms with van der Waals surface area (Å²) < 4.78 is 10.4. The van der Waals surface area contributed by atoms with E-state index in [4.69, 9.17) is 9.47 Å². The van der Waals surface area contributed by atoms with E-state index in [0.717, 1.165) is 16.3 Å². The zero-order valence-corrected chi connectivity index (χ0v) is 14.4. The van der Waals surface area contributed by atoms with Crippen molar-refractivity contribution in [3.63, 3.8) is 0 Å². The van der Waals surface area contributed by atoms with Gasteiger partial charge < -0.3 is 14.8 Å². The molecule has 3 aromatic carbocycles. The molecule has 1 N–H and O–H groups in total. The Hall–Kier alpha value is -3.34. The van der Waals surface area contributed by atoms with Crippen molar-refractivity contribution in [2.75, 3.05) is 13.7 Å². The number of benzene rings is 3. The molecule has 0 heterocycles. The predicted octanol–water partition coefficient (Wildman–Crippen LogP) is 3.32. The number of para-hydroxylation sites is 1. The Morgan fingerprint density at radius 3 is 2.46 bits per heavy atom. The molecule has 0 unspecified atom stereocenters. The fraction of sp³-hybridized carbons (Fsp3) is 0.143. The molecule has 0 fully saturated rings. The molecule has 0 aromatic heterocycles. The van der Waals surface area contributed by atoms with Gasteiger partial charge in [0.25, 0.3) is 5.91 Å². The first-order valence-corrected chi connectivity index (χ1v) is 8.22. The van der Waals surface area contributed by atoms with Crippen molar-refractivity contribution < 1.29 is 19.1 Å². The van der Waals surface area contributed by atoms with Crippen LogP contribution in [0.5, 0.6) is 5.75 Å². The summed E-state index contributed by atoms with van der Waals surface area (Å²) in [6, 6.07) is 20.5. The molecule has 132 valence electrons. The standard InChI is InChI=1S/C21H19NO4/c1-25-19-9-5-4-8-18(19)14-26-20(23)13-22-21(24)17-11-10-15-6-2-3-7-16(15)12-17/h2-12H,13-14H2,1H3,(H,22,24). The normalized spacial score (nSPS) is 10.3. The molecular weight excluding hydrogens is 330 g/mol. The van der Waals surface area contributed by atoms with E-state index in [1.54, 1.807) is 25.3 Å². The molecule has 3 aromatic rings. The van der Waals surface area contributed by atoms with E-state index in [-0.39, 0.29) is 19.1 Å². The monoisotopic (exact) mass is 349 g/mol. The topological polar surface area (TPSA) is 64.6 Å². The first kappa shape index (κ1) is 17.5. The molecule has 0 bridgehead atoms. The minimum Gasteiger partial charge on any atom is -0.496 e. The lowest BCUT2D eigenvalue weighted by atomic mass is 10.1. The average molecular weight is 349 g/mol. The largest absolute Gasteiger partial charge is 0.496 e. The summed E-state index contributed by atoms with van der Waals surface area (Å²) in [5.74, 6) is -0.171. The van der Waals surface area contributed by atoms with Gasteiger partial charge in [0.05, 0.1) is 7.11 Å². The van der Waals surface area contributed by atoms with Crippen LogP contribution < -0.4 is 10.1 Å². The van der Waals surface area contributed by atoms with Crippen molar-refractivity contribution in [2.24, 2.45) is 0 Å². The average Bonchev–Trinajstić information content (AvgIpc) is 2.70. The third-order valence-corrected chi connectivity index (χ3v) is 3.99. The Balaban J connectivity index is 1.54. The number of rotatable bonds is 6. The highest BCUT2D eigenvalue weighted by atomic mass is 16.5. The summed E-state index contributed by atoms with van der Waals surface area (Å²) in [5.41, 5.74) is 1.27. The maximum atomic E-state index is 12.2.